The monoisotopic (exact) mass is 538 g/mol. The molecule has 3 aromatic rings. The first-order valence-electron chi connectivity index (χ1n) is 14.4. The first kappa shape index (κ1) is 29.3. The van der Waals surface area contributed by atoms with Gasteiger partial charge in [0.15, 0.2) is 0 Å². The van der Waals surface area contributed by atoms with Crippen LogP contribution in [0.25, 0.3) is 5.57 Å². The van der Waals surface area contributed by atoms with Crippen LogP contribution in [-0.4, -0.2) is 9.52 Å². The van der Waals surface area contributed by atoms with Crippen LogP contribution in [0.15, 0.2) is 77.4 Å². The van der Waals surface area contributed by atoms with Gasteiger partial charge in [0, 0.05) is 5.92 Å². The lowest BCUT2D eigenvalue weighted by atomic mass is 9.76. The molecule has 206 valence electrons. The van der Waals surface area contributed by atoms with Crippen molar-refractivity contribution < 1.29 is 4.39 Å². The maximum absolute atomic E-state index is 14.1. The third-order valence-electron chi connectivity index (χ3n) is 8.75. The van der Waals surface area contributed by atoms with E-state index >= 15 is 0 Å². The van der Waals surface area contributed by atoms with Crippen molar-refractivity contribution in [2.75, 3.05) is 0 Å². The molecule has 1 aliphatic rings. The van der Waals surface area contributed by atoms with Crippen molar-refractivity contribution in [3.63, 3.8) is 0 Å². The summed E-state index contributed by atoms with van der Waals surface area (Å²) in [6.07, 6.45) is 0. The fourth-order valence-electron chi connectivity index (χ4n) is 6.31. The Kier molecular flexibility index (Phi) is 8.03. The topological polar surface area (TPSA) is 0 Å². The SMILES string of the molecule is CC1=C(C)C(C([SiH2]c2cc(C)cc(C)c2)c2ccc(F)cc2)C(c2cc(C(C)(C)C)cc(C(C)(C)C)c2)=C1C. The number of rotatable bonds is 5. The van der Waals surface area contributed by atoms with Gasteiger partial charge in [0.05, 0.1) is 9.52 Å². The molecule has 39 heavy (non-hydrogen) atoms. The summed E-state index contributed by atoms with van der Waals surface area (Å²) in [7, 11) is -0.759. The number of allylic oxidation sites excluding steroid dienone is 4. The number of hydrogen-bond acceptors (Lipinski definition) is 0. The molecular weight excluding hydrogens is 491 g/mol. The smallest absolute Gasteiger partial charge is 0.123 e. The van der Waals surface area contributed by atoms with Gasteiger partial charge in [-0.3, -0.25) is 0 Å². The van der Waals surface area contributed by atoms with Gasteiger partial charge in [0.1, 0.15) is 5.82 Å². The van der Waals surface area contributed by atoms with Gasteiger partial charge in [-0.1, -0.05) is 112 Å². The van der Waals surface area contributed by atoms with Gasteiger partial charge in [-0.15, -0.1) is 0 Å². The van der Waals surface area contributed by atoms with E-state index in [0.29, 0.717) is 5.54 Å². The molecule has 0 bridgehead atoms. The van der Waals surface area contributed by atoms with Crippen LogP contribution >= 0.6 is 0 Å². The second kappa shape index (κ2) is 10.7. The Labute approximate surface area is 239 Å². The van der Waals surface area contributed by atoms with Crippen LogP contribution in [0.4, 0.5) is 4.39 Å². The summed E-state index contributed by atoms with van der Waals surface area (Å²) in [5.41, 5.74) is 14.2. The normalized spacial score (nSPS) is 17.6. The highest BCUT2D eigenvalue weighted by molar-refractivity contribution is 6.55. The molecule has 0 saturated heterocycles. The van der Waals surface area contributed by atoms with E-state index in [1.807, 2.05) is 12.1 Å². The predicted octanol–water partition coefficient (Wildman–Crippen LogP) is 9.01. The molecule has 0 heterocycles. The number of halogens is 1. The minimum atomic E-state index is -0.759. The molecule has 3 aromatic carbocycles. The largest absolute Gasteiger partial charge is 0.207 e. The van der Waals surface area contributed by atoms with E-state index in [1.54, 1.807) is 12.1 Å². The zero-order chi connectivity index (χ0) is 28.9. The van der Waals surface area contributed by atoms with Crippen LogP contribution in [0.1, 0.15) is 101 Å². The Hall–Kier alpha value is -2.71. The molecule has 4 rings (SSSR count). The maximum Gasteiger partial charge on any atom is 0.123 e. The van der Waals surface area contributed by atoms with E-state index in [1.165, 1.54) is 60.9 Å². The van der Waals surface area contributed by atoms with E-state index in [0.717, 1.165) is 0 Å². The summed E-state index contributed by atoms with van der Waals surface area (Å²) >= 11 is 0. The second-order valence-corrected chi connectivity index (χ2v) is 16.1. The molecule has 0 fully saturated rings. The molecule has 0 N–H and O–H groups in total. The van der Waals surface area contributed by atoms with Gasteiger partial charge in [0.2, 0.25) is 0 Å². The number of aryl methyl sites for hydroxylation is 2. The molecule has 0 aliphatic heterocycles. The van der Waals surface area contributed by atoms with Gasteiger partial charge >= 0.3 is 0 Å². The van der Waals surface area contributed by atoms with E-state index < -0.39 is 9.52 Å². The quantitative estimate of drug-likeness (QED) is 0.284. The van der Waals surface area contributed by atoms with Crippen molar-refractivity contribution in [3.05, 3.63) is 117 Å². The molecular formula is C37H47FSi. The molecule has 0 aromatic heterocycles. The molecule has 0 saturated carbocycles. The highest BCUT2D eigenvalue weighted by Gasteiger charge is 2.36. The van der Waals surface area contributed by atoms with Crippen LogP contribution in [0.3, 0.4) is 0 Å². The lowest BCUT2D eigenvalue weighted by Gasteiger charge is -2.31. The average Bonchev–Trinajstić information content (AvgIpc) is 3.05. The van der Waals surface area contributed by atoms with Gasteiger partial charge in [-0.2, -0.15) is 0 Å². The highest BCUT2D eigenvalue weighted by atomic mass is 28.2. The standard InChI is InChI=1S/C37H47FSi/c1-22-16-23(2)18-32(17-22)39-35(27-12-14-31(38)15-13-27)34-26(5)24(3)25(4)33(34)28-19-29(36(6,7)8)21-30(20-28)37(9,10)11/h12-21,34-35H,39H2,1-11H3. The average molecular weight is 539 g/mol. The highest BCUT2D eigenvalue weighted by Crippen LogP contribution is 2.50. The number of hydrogen-bond donors (Lipinski definition) is 0. The van der Waals surface area contributed by atoms with Gasteiger partial charge in [-0.25, -0.2) is 4.39 Å². The minimum Gasteiger partial charge on any atom is -0.207 e. The summed E-state index contributed by atoms with van der Waals surface area (Å²) in [4.78, 5) is 0. The van der Waals surface area contributed by atoms with Gasteiger partial charge in [0.25, 0.3) is 0 Å². The van der Waals surface area contributed by atoms with Crippen LogP contribution in [0, 0.1) is 25.6 Å². The molecule has 2 heteroatoms. The summed E-state index contributed by atoms with van der Waals surface area (Å²) in [5, 5.41) is 1.48. The van der Waals surface area contributed by atoms with E-state index in [4.69, 9.17) is 0 Å². The number of benzene rings is 3. The molecule has 0 spiro atoms. The van der Waals surface area contributed by atoms with Crippen molar-refractivity contribution in [2.45, 2.75) is 92.5 Å². The van der Waals surface area contributed by atoms with Crippen LogP contribution < -0.4 is 5.19 Å². The van der Waals surface area contributed by atoms with Crippen molar-refractivity contribution in [2.24, 2.45) is 5.92 Å². The zero-order valence-electron chi connectivity index (χ0n) is 26.0. The van der Waals surface area contributed by atoms with Gasteiger partial charge in [-0.05, 0) is 102 Å². The summed E-state index contributed by atoms with van der Waals surface area (Å²) in [6, 6.07) is 21.7. The fraction of sp³-hybridized carbons (Fsp3) is 0.405. The molecule has 0 radical (unpaired) electrons. The third-order valence-corrected chi connectivity index (χ3v) is 11.0. The Bertz CT molecular complexity index is 1390. The Balaban J connectivity index is 1.95. The predicted molar refractivity (Wildman–Crippen MR) is 172 cm³/mol. The molecule has 0 nitrogen and oxygen atoms in total. The van der Waals surface area contributed by atoms with E-state index in [2.05, 4.69) is 113 Å². The lowest BCUT2D eigenvalue weighted by Crippen LogP contribution is -2.29. The fourth-order valence-corrected chi connectivity index (χ4v) is 9.03. The lowest BCUT2D eigenvalue weighted by molar-refractivity contribution is 0.568. The van der Waals surface area contributed by atoms with Crippen molar-refractivity contribution in [1.29, 1.82) is 0 Å². The molecule has 0 amide bonds. The first-order valence-corrected chi connectivity index (χ1v) is 16.0. The third kappa shape index (κ3) is 6.22. The van der Waals surface area contributed by atoms with E-state index in [-0.39, 0.29) is 22.6 Å². The second-order valence-electron chi connectivity index (χ2n) is 14.0. The summed E-state index contributed by atoms with van der Waals surface area (Å²) < 4.78 is 14.1. The molecule has 2 atom stereocenters. The minimum absolute atomic E-state index is 0.0558. The Morgan fingerprint density at radius 3 is 1.67 bits per heavy atom. The molecule has 1 aliphatic carbocycles. The van der Waals surface area contributed by atoms with E-state index in [9.17, 15) is 4.39 Å². The van der Waals surface area contributed by atoms with Crippen LogP contribution in [-0.2, 0) is 10.8 Å². The van der Waals surface area contributed by atoms with Crippen molar-refractivity contribution in [3.8, 4) is 0 Å². The maximum atomic E-state index is 14.1. The van der Waals surface area contributed by atoms with Crippen molar-refractivity contribution >= 4 is 20.3 Å². The zero-order valence-corrected chi connectivity index (χ0v) is 27.4. The Morgan fingerprint density at radius 2 is 1.18 bits per heavy atom. The first-order chi connectivity index (χ1) is 18.1. The summed E-state index contributed by atoms with van der Waals surface area (Å²) in [6.45, 7) is 25.2. The van der Waals surface area contributed by atoms with Gasteiger partial charge < -0.3 is 0 Å². The Morgan fingerprint density at radius 1 is 0.667 bits per heavy atom. The molecule has 2 unspecified atom stereocenters. The van der Waals surface area contributed by atoms with Crippen LogP contribution in [0.2, 0.25) is 0 Å². The van der Waals surface area contributed by atoms with Crippen LogP contribution in [0.5, 0.6) is 0 Å². The summed E-state index contributed by atoms with van der Waals surface area (Å²) in [5.74, 6) is 0.117. The van der Waals surface area contributed by atoms with Crippen molar-refractivity contribution in [1.82, 2.24) is 0 Å².